The number of hydrogen-bond acceptors (Lipinski definition) is 3. The zero-order chi connectivity index (χ0) is 13.5. The Kier molecular flexibility index (Phi) is 6.12. The van der Waals surface area contributed by atoms with Crippen molar-refractivity contribution in [3.8, 4) is 0 Å². The average Bonchev–Trinajstić information content (AvgIpc) is 2.34. The first-order valence-corrected chi connectivity index (χ1v) is 6.80. The van der Waals surface area contributed by atoms with Crippen LogP contribution in [0.1, 0.15) is 39.5 Å². The first-order chi connectivity index (χ1) is 8.50. The summed E-state index contributed by atoms with van der Waals surface area (Å²) < 4.78 is 0. The second-order valence-corrected chi connectivity index (χ2v) is 5.44. The molecule has 0 radical (unpaired) electrons. The summed E-state index contributed by atoms with van der Waals surface area (Å²) in [4.78, 5) is 22.9. The number of rotatable bonds is 6. The Morgan fingerprint density at radius 3 is 2.67 bits per heavy atom. The maximum absolute atomic E-state index is 11.8. The number of amides is 2. The Balaban J connectivity index is 2.29. The minimum absolute atomic E-state index is 0.0304. The van der Waals surface area contributed by atoms with Gasteiger partial charge in [-0.2, -0.15) is 0 Å². The minimum atomic E-state index is -0.554. The fraction of sp³-hybridized carbons (Fsp3) is 0.846. The molecule has 0 aliphatic carbocycles. The molecule has 0 aromatic rings. The van der Waals surface area contributed by atoms with E-state index in [0.29, 0.717) is 12.3 Å². The molecule has 2 atom stereocenters. The number of hydrogen-bond donors (Lipinski definition) is 3. The molecule has 1 saturated heterocycles. The van der Waals surface area contributed by atoms with E-state index in [-0.39, 0.29) is 11.8 Å². The van der Waals surface area contributed by atoms with Crippen LogP contribution in [0.5, 0.6) is 0 Å². The molecule has 1 aliphatic heterocycles. The number of nitrogens with two attached hydrogens (primary N) is 1. The van der Waals surface area contributed by atoms with Crippen LogP contribution in [0.3, 0.4) is 0 Å². The van der Waals surface area contributed by atoms with Gasteiger partial charge in [-0.3, -0.25) is 9.59 Å². The van der Waals surface area contributed by atoms with Gasteiger partial charge in [0.1, 0.15) is 6.04 Å². The Bertz CT molecular complexity index is 286. The van der Waals surface area contributed by atoms with Crippen molar-refractivity contribution in [2.75, 3.05) is 13.1 Å². The molecule has 5 nitrogen and oxygen atoms in total. The first kappa shape index (κ1) is 15.0. The third-order valence-electron chi connectivity index (χ3n) is 3.47. The van der Waals surface area contributed by atoms with E-state index in [1.165, 1.54) is 12.8 Å². The van der Waals surface area contributed by atoms with E-state index in [0.717, 1.165) is 19.5 Å². The molecule has 5 heteroatoms. The van der Waals surface area contributed by atoms with Crippen LogP contribution in [0.15, 0.2) is 0 Å². The lowest BCUT2D eigenvalue weighted by molar-refractivity contribution is -0.128. The summed E-state index contributed by atoms with van der Waals surface area (Å²) in [5.41, 5.74) is 5.26. The third kappa shape index (κ3) is 5.04. The topological polar surface area (TPSA) is 84.2 Å². The molecular formula is C13H25N3O2. The van der Waals surface area contributed by atoms with Crippen LogP contribution in [0.2, 0.25) is 0 Å². The van der Waals surface area contributed by atoms with Crippen molar-refractivity contribution in [3.63, 3.8) is 0 Å². The van der Waals surface area contributed by atoms with E-state index < -0.39 is 11.9 Å². The predicted molar refractivity (Wildman–Crippen MR) is 70.8 cm³/mol. The summed E-state index contributed by atoms with van der Waals surface area (Å²) in [5.74, 6) is 0.0779. The van der Waals surface area contributed by atoms with Gasteiger partial charge in [-0.1, -0.05) is 13.8 Å². The highest BCUT2D eigenvalue weighted by molar-refractivity contribution is 5.86. The first-order valence-electron chi connectivity index (χ1n) is 6.80. The molecule has 2 amide bonds. The summed E-state index contributed by atoms with van der Waals surface area (Å²) in [6, 6.07) is -0.554. The van der Waals surface area contributed by atoms with Gasteiger partial charge in [0.2, 0.25) is 11.8 Å². The molecule has 0 bridgehead atoms. The van der Waals surface area contributed by atoms with Crippen LogP contribution in [0.4, 0.5) is 0 Å². The fourth-order valence-corrected chi connectivity index (χ4v) is 2.32. The van der Waals surface area contributed by atoms with E-state index in [4.69, 9.17) is 5.73 Å². The maximum Gasteiger partial charge on any atom is 0.240 e. The molecule has 2 unspecified atom stereocenters. The molecule has 0 saturated carbocycles. The van der Waals surface area contributed by atoms with E-state index >= 15 is 0 Å². The molecule has 104 valence electrons. The zero-order valence-corrected chi connectivity index (χ0v) is 11.4. The highest BCUT2D eigenvalue weighted by Crippen LogP contribution is 2.15. The number of carbonyl (C=O) groups excluding carboxylic acids is 2. The molecule has 0 aromatic heterocycles. The lowest BCUT2D eigenvalue weighted by Crippen LogP contribution is -2.47. The lowest BCUT2D eigenvalue weighted by atomic mass is 9.94. The number of carbonyl (C=O) groups is 2. The van der Waals surface area contributed by atoms with Crippen molar-refractivity contribution < 1.29 is 9.59 Å². The van der Waals surface area contributed by atoms with Gasteiger partial charge in [-0.05, 0) is 44.2 Å². The lowest BCUT2D eigenvalue weighted by Gasteiger charge is -2.23. The molecule has 1 rings (SSSR count). The standard InChI is InChI=1S/C13H25N3O2/c1-9(2)12(13(14)18)16-11(17)6-5-10-4-3-7-15-8-10/h9-10,12,15H,3-8H2,1-2H3,(H2,14,18)(H,16,17). The maximum atomic E-state index is 11.8. The Hall–Kier alpha value is -1.10. The van der Waals surface area contributed by atoms with Gasteiger partial charge in [0.15, 0.2) is 0 Å². The van der Waals surface area contributed by atoms with E-state index in [1.54, 1.807) is 0 Å². The summed E-state index contributed by atoms with van der Waals surface area (Å²) in [5, 5.41) is 6.05. The minimum Gasteiger partial charge on any atom is -0.368 e. The Morgan fingerprint density at radius 1 is 1.44 bits per heavy atom. The van der Waals surface area contributed by atoms with Crippen LogP contribution in [-0.4, -0.2) is 30.9 Å². The van der Waals surface area contributed by atoms with Crippen molar-refractivity contribution in [1.82, 2.24) is 10.6 Å². The SMILES string of the molecule is CC(C)C(NC(=O)CCC1CCCNC1)C(N)=O. The normalized spacial score (nSPS) is 21.6. The van der Waals surface area contributed by atoms with Crippen LogP contribution in [-0.2, 0) is 9.59 Å². The van der Waals surface area contributed by atoms with Crippen molar-refractivity contribution in [2.45, 2.75) is 45.6 Å². The fourth-order valence-electron chi connectivity index (χ4n) is 2.32. The highest BCUT2D eigenvalue weighted by Gasteiger charge is 2.22. The van der Waals surface area contributed by atoms with Crippen LogP contribution >= 0.6 is 0 Å². The molecule has 0 aromatic carbocycles. The summed E-state index contributed by atoms with van der Waals surface area (Å²) >= 11 is 0. The largest absolute Gasteiger partial charge is 0.368 e. The molecule has 18 heavy (non-hydrogen) atoms. The van der Waals surface area contributed by atoms with Gasteiger partial charge < -0.3 is 16.4 Å². The molecular weight excluding hydrogens is 230 g/mol. The summed E-state index contributed by atoms with van der Waals surface area (Å²) in [7, 11) is 0. The van der Waals surface area contributed by atoms with Gasteiger partial charge in [-0.25, -0.2) is 0 Å². The van der Waals surface area contributed by atoms with Crippen LogP contribution in [0.25, 0.3) is 0 Å². The Morgan fingerprint density at radius 2 is 2.17 bits per heavy atom. The predicted octanol–water partition coefficient (Wildman–Crippen LogP) is 0.392. The quantitative estimate of drug-likeness (QED) is 0.642. The van der Waals surface area contributed by atoms with Crippen LogP contribution in [0, 0.1) is 11.8 Å². The summed E-state index contributed by atoms with van der Waals surface area (Å²) in [6.07, 6.45) is 3.72. The monoisotopic (exact) mass is 255 g/mol. The van der Waals surface area contributed by atoms with Crippen molar-refractivity contribution in [2.24, 2.45) is 17.6 Å². The smallest absolute Gasteiger partial charge is 0.240 e. The second kappa shape index (κ2) is 7.36. The van der Waals surface area contributed by atoms with Gasteiger partial charge in [0, 0.05) is 6.42 Å². The van der Waals surface area contributed by atoms with Crippen molar-refractivity contribution in [3.05, 3.63) is 0 Å². The van der Waals surface area contributed by atoms with Crippen LogP contribution < -0.4 is 16.4 Å². The number of nitrogens with one attached hydrogen (secondary N) is 2. The van der Waals surface area contributed by atoms with Crippen molar-refractivity contribution >= 4 is 11.8 Å². The molecule has 0 spiro atoms. The highest BCUT2D eigenvalue weighted by atomic mass is 16.2. The van der Waals surface area contributed by atoms with E-state index in [2.05, 4.69) is 10.6 Å². The van der Waals surface area contributed by atoms with E-state index in [1.807, 2.05) is 13.8 Å². The van der Waals surface area contributed by atoms with Gasteiger partial charge in [-0.15, -0.1) is 0 Å². The van der Waals surface area contributed by atoms with Gasteiger partial charge in [0.25, 0.3) is 0 Å². The molecule has 1 fully saturated rings. The molecule has 4 N–H and O–H groups in total. The number of piperidine rings is 1. The average molecular weight is 255 g/mol. The third-order valence-corrected chi connectivity index (χ3v) is 3.47. The Labute approximate surface area is 109 Å². The van der Waals surface area contributed by atoms with Gasteiger partial charge in [0.05, 0.1) is 0 Å². The molecule has 1 heterocycles. The second-order valence-electron chi connectivity index (χ2n) is 5.44. The van der Waals surface area contributed by atoms with Crippen molar-refractivity contribution in [1.29, 1.82) is 0 Å². The number of primary amides is 1. The molecule has 1 aliphatic rings. The van der Waals surface area contributed by atoms with Gasteiger partial charge >= 0.3 is 0 Å². The van der Waals surface area contributed by atoms with E-state index in [9.17, 15) is 9.59 Å². The summed E-state index contributed by atoms with van der Waals surface area (Å²) in [6.45, 7) is 5.83. The zero-order valence-electron chi connectivity index (χ0n) is 11.4.